The first-order chi connectivity index (χ1) is 7.36. The lowest BCUT2D eigenvalue weighted by atomic mass is 10.2. The highest BCUT2D eigenvalue weighted by molar-refractivity contribution is 9.10. The third kappa shape index (κ3) is 3.26. The molecule has 0 atom stereocenters. The first-order valence-corrected chi connectivity index (χ1v) is 5.54. The summed E-state index contributed by atoms with van der Waals surface area (Å²) in [5.41, 5.74) is -0.766. The van der Waals surface area contributed by atoms with Crippen LogP contribution in [0.25, 0.3) is 0 Å². The lowest BCUT2D eigenvalue weighted by Crippen LogP contribution is -2.06. The average molecular weight is 331 g/mol. The van der Waals surface area contributed by atoms with Gasteiger partial charge in [0.15, 0.2) is 0 Å². The fourth-order valence-electron chi connectivity index (χ4n) is 0.972. The topological polar surface area (TPSA) is 12.4 Å². The fourth-order valence-corrected chi connectivity index (χ4v) is 1.70. The Kier molecular flexibility index (Phi) is 4.46. The van der Waals surface area contributed by atoms with Crippen molar-refractivity contribution in [2.45, 2.75) is 6.18 Å². The quantitative estimate of drug-likeness (QED) is 0.559. The Labute approximate surface area is 108 Å². The summed E-state index contributed by atoms with van der Waals surface area (Å²) in [6, 6.07) is 2.21. The molecule has 0 saturated heterocycles. The lowest BCUT2D eigenvalue weighted by molar-refractivity contribution is -0.138. The molecule has 0 aliphatic heterocycles. The van der Waals surface area contributed by atoms with Gasteiger partial charge in [-0.25, -0.2) is 0 Å². The zero-order chi connectivity index (χ0) is 12.3. The predicted molar refractivity (Wildman–Crippen MR) is 66.0 cm³/mol. The van der Waals surface area contributed by atoms with E-state index in [1.807, 2.05) is 0 Å². The second kappa shape index (κ2) is 5.25. The minimum absolute atomic E-state index is 0.0497. The van der Waals surface area contributed by atoms with Crippen LogP contribution in [0.4, 0.5) is 18.9 Å². The normalized spacial score (nSPS) is 12.1. The number of thiocarbonyl (C=S) groups is 1. The van der Waals surface area contributed by atoms with Gasteiger partial charge >= 0.3 is 6.18 Å². The molecule has 1 aromatic carbocycles. The van der Waals surface area contributed by atoms with Gasteiger partial charge in [0.05, 0.1) is 16.3 Å². The summed E-state index contributed by atoms with van der Waals surface area (Å²) in [5.74, 6) is 0. The van der Waals surface area contributed by atoms with Crippen molar-refractivity contribution in [2.75, 3.05) is 0 Å². The summed E-state index contributed by atoms with van der Waals surface area (Å²) in [4.78, 5) is 3.71. The Morgan fingerprint density at radius 3 is 2.50 bits per heavy atom. The van der Waals surface area contributed by atoms with E-state index in [2.05, 4.69) is 33.1 Å². The molecule has 0 unspecified atom stereocenters. The van der Waals surface area contributed by atoms with Crippen LogP contribution in [-0.4, -0.2) is 11.6 Å². The van der Waals surface area contributed by atoms with E-state index in [0.29, 0.717) is 0 Å². The minimum Gasteiger partial charge on any atom is -0.256 e. The van der Waals surface area contributed by atoms with Crippen LogP contribution in [-0.2, 0) is 6.18 Å². The Morgan fingerprint density at radius 1 is 1.38 bits per heavy atom. The number of rotatable bonds is 2. The summed E-state index contributed by atoms with van der Waals surface area (Å²) in [6.45, 7) is 0. The molecule has 0 bridgehead atoms. The molecule has 0 amide bonds. The molecule has 86 valence electrons. The van der Waals surface area contributed by atoms with Crippen LogP contribution < -0.4 is 0 Å². The number of benzene rings is 1. The largest absolute Gasteiger partial charge is 0.417 e. The predicted octanol–water partition coefficient (Wildman–Crippen LogP) is 4.82. The van der Waals surface area contributed by atoms with Crippen LogP contribution in [0.15, 0.2) is 21.6 Å². The first-order valence-electron chi connectivity index (χ1n) is 3.90. The first kappa shape index (κ1) is 13.6. The number of hydrogen-bond acceptors (Lipinski definition) is 2. The summed E-state index contributed by atoms with van der Waals surface area (Å²) in [5, 5.41) is 1.15. The van der Waals surface area contributed by atoms with Crippen molar-refractivity contribution in [3.63, 3.8) is 0 Å². The molecule has 1 nitrogen and oxygen atoms in total. The molecule has 0 aliphatic rings. The highest BCUT2D eigenvalue weighted by atomic mass is 79.9. The summed E-state index contributed by atoms with van der Waals surface area (Å²) in [7, 11) is 0. The summed E-state index contributed by atoms with van der Waals surface area (Å²) < 4.78 is 37.5. The number of nitrogens with zero attached hydrogens (tertiary/aromatic N) is 1. The van der Waals surface area contributed by atoms with E-state index < -0.39 is 11.7 Å². The second-order valence-corrected chi connectivity index (χ2v) is 4.17. The zero-order valence-corrected chi connectivity index (χ0v) is 10.7. The molecule has 0 N–H and O–H groups in total. The van der Waals surface area contributed by atoms with Gasteiger partial charge in [0.25, 0.3) is 0 Å². The van der Waals surface area contributed by atoms with Crippen molar-refractivity contribution < 1.29 is 13.2 Å². The average Bonchev–Trinajstić information content (AvgIpc) is 2.17. The molecule has 0 saturated carbocycles. The SMILES string of the molecule is FC(F)(F)c1cc(N=CC=S)cc(Cl)c1Br. The van der Waals surface area contributed by atoms with Gasteiger partial charge < -0.3 is 0 Å². The van der Waals surface area contributed by atoms with Crippen molar-refractivity contribution in [1.29, 1.82) is 0 Å². The fraction of sp³-hybridized carbons (Fsp3) is 0.111. The van der Waals surface area contributed by atoms with Gasteiger partial charge in [0.2, 0.25) is 0 Å². The Balaban J connectivity index is 3.33. The summed E-state index contributed by atoms with van der Waals surface area (Å²) in [6.07, 6.45) is -3.26. The number of halogens is 5. The smallest absolute Gasteiger partial charge is 0.256 e. The maximum Gasteiger partial charge on any atom is 0.417 e. The Bertz CT molecular complexity index is 445. The monoisotopic (exact) mass is 329 g/mol. The molecule has 16 heavy (non-hydrogen) atoms. The van der Waals surface area contributed by atoms with Gasteiger partial charge in [0.1, 0.15) is 0 Å². The number of aliphatic imine (C=N–C) groups is 1. The highest BCUT2D eigenvalue weighted by Gasteiger charge is 2.34. The van der Waals surface area contributed by atoms with Gasteiger partial charge in [-0.1, -0.05) is 23.8 Å². The maximum absolute atomic E-state index is 12.6. The molecule has 0 aliphatic carbocycles. The lowest BCUT2D eigenvalue weighted by Gasteiger charge is -2.10. The van der Waals surface area contributed by atoms with Crippen molar-refractivity contribution in [1.82, 2.24) is 0 Å². The third-order valence-corrected chi connectivity index (χ3v) is 3.11. The van der Waals surface area contributed by atoms with Crippen LogP contribution in [0.1, 0.15) is 5.56 Å². The van der Waals surface area contributed by atoms with Crippen LogP contribution in [0.5, 0.6) is 0 Å². The van der Waals surface area contributed by atoms with Gasteiger partial charge in [-0.2, -0.15) is 13.2 Å². The molecular weight excluding hydrogens is 327 g/mol. The molecule has 0 heterocycles. The third-order valence-electron chi connectivity index (χ3n) is 1.60. The molecule has 0 radical (unpaired) electrons. The molecule has 7 heteroatoms. The van der Waals surface area contributed by atoms with Crippen LogP contribution in [0.2, 0.25) is 5.02 Å². The summed E-state index contributed by atoms with van der Waals surface area (Å²) >= 11 is 12.9. The molecule has 1 aromatic rings. The molecule has 0 spiro atoms. The van der Waals surface area contributed by atoms with Crippen molar-refractivity contribution in [3.8, 4) is 0 Å². The maximum atomic E-state index is 12.6. The number of alkyl halides is 3. The van der Waals surface area contributed by atoms with Gasteiger partial charge in [-0.05, 0) is 28.1 Å². The molecular formula is C9H4BrClF3NS. The van der Waals surface area contributed by atoms with Crippen LogP contribution in [0, 0.1) is 0 Å². The van der Waals surface area contributed by atoms with E-state index in [4.69, 9.17) is 11.6 Å². The Hall–Kier alpha value is -0.460. The zero-order valence-electron chi connectivity index (χ0n) is 7.55. The minimum atomic E-state index is -4.48. The van der Waals surface area contributed by atoms with Crippen molar-refractivity contribution >= 4 is 57.0 Å². The van der Waals surface area contributed by atoms with E-state index in [1.165, 1.54) is 17.6 Å². The van der Waals surface area contributed by atoms with Gasteiger partial charge in [-0.3, -0.25) is 4.99 Å². The van der Waals surface area contributed by atoms with E-state index in [9.17, 15) is 13.2 Å². The second-order valence-electron chi connectivity index (χ2n) is 2.70. The van der Waals surface area contributed by atoms with Gasteiger partial charge in [0, 0.05) is 16.1 Å². The molecule has 1 rings (SSSR count). The van der Waals surface area contributed by atoms with Crippen molar-refractivity contribution in [2.24, 2.45) is 4.99 Å². The highest BCUT2D eigenvalue weighted by Crippen LogP contribution is 2.40. The molecule has 0 fully saturated rings. The molecule has 0 aromatic heterocycles. The van der Waals surface area contributed by atoms with E-state index in [1.54, 1.807) is 0 Å². The van der Waals surface area contributed by atoms with E-state index in [0.717, 1.165) is 6.07 Å². The Morgan fingerprint density at radius 2 is 2.00 bits per heavy atom. The van der Waals surface area contributed by atoms with Crippen LogP contribution in [0.3, 0.4) is 0 Å². The van der Waals surface area contributed by atoms with Crippen molar-refractivity contribution in [3.05, 3.63) is 27.2 Å². The number of hydrogen-bond donors (Lipinski definition) is 0. The van der Waals surface area contributed by atoms with E-state index in [-0.39, 0.29) is 15.2 Å². The van der Waals surface area contributed by atoms with Crippen LogP contribution >= 0.6 is 39.7 Å². The standard InChI is InChI=1S/C9H4BrClF3NS/c10-8-6(9(12,13)14)3-5(4-7(8)11)15-1-2-16/h1-4H. The van der Waals surface area contributed by atoms with E-state index >= 15 is 0 Å². The van der Waals surface area contributed by atoms with Gasteiger partial charge in [-0.15, -0.1) is 0 Å².